The van der Waals surface area contributed by atoms with E-state index in [0.717, 1.165) is 20.2 Å². The number of hydrogen-bond acceptors (Lipinski definition) is 2. The summed E-state index contributed by atoms with van der Waals surface area (Å²) in [4.78, 5) is 4.25. The van der Waals surface area contributed by atoms with E-state index in [1.807, 2.05) is 30.3 Å². The molecule has 1 atom stereocenters. The first kappa shape index (κ1) is 10.8. The molecule has 1 radical (unpaired) electrons. The van der Waals surface area contributed by atoms with Gasteiger partial charge in [0.2, 0.25) is 0 Å². The van der Waals surface area contributed by atoms with Crippen LogP contribution in [0.5, 0.6) is 0 Å². The molecule has 0 N–H and O–H groups in total. The van der Waals surface area contributed by atoms with E-state index in [4.69, 9.17) is 0 Å². The molecule has 3 rings (SSSR count). The third-order valence-electron chi connectivity index (χ3n) is 2.22. The third-order valence-corrected chi connectivity index (χ3v) is 5.31. The smallest absolute Gasteiger partial charge is 0 e. The van der Waals surface area contributed by atoms with Crippen molar-refractivity contribution in [2.75, 3.05) is 0 Å². The summed E-state index contributed by atoms with van der Waals surface area (Å²) < 4.78 is 13.8. The van der Waals surface area contributed by atoms with Crippen LogP contribution in [0.25, 0.3) is 11.3 Å². The van der Waals surface area contributed by atoms with Gasteiger partial charge in [-0.25, -0.2) is 0 Å². The molecule has 2 aromatic rings. The van der Waals surface area contributed by atoms with Gasteiger partial charge >= 0.3 is 85.4 Å². The number of benzene rings is 1. The van der Waals surface area contributed by atoms with Crippen LogP contribution in [0.4, 0.5) is 0 Å². The Kier molecular flexibility index (Phi) is 2.94. The van der Waals surface area contributed by atoms with Crippen LogP contribution in [-0.4, -0.2) is 18.8 Å². The van der Waals surface area contributed by atoms with Crippen LogP contribution >= 0.6 is 0 Å². The van der Waals surface area contributed by atoms with E-state index in [1.54, 1.807) is 6.20 Å². The van der Waals surface area contributed by atoms with Crippen molar-refractivity contribution in [2.45, 2.75) is 0 Å². The number of fused-ring (bicyclic) bond motifs is 3. The molecule has 0 spiro atoms. The zero-order valence-electron chi connectivity index (χ0n) is 7.56. The molecule has 1 aromatic heterocycles. The second kappa shape index (κ2) is 4.07. The molecule has 1 aliphatic heterocycles. The van der Waals surface area contributed by atoms with Gasteiger partial charge in [-0.1, -0.05) is 0 Å². The number of nitrogens with zero attached hydrogens (tertiary/aromatic N) is 1. The number of hydrogen-bond donors (Lipinski definition) is 0. The Balaban J connectivity index is 0.000000853. The van der Waals surface area contributed by atoms with Gasteiger partial charge in [0.25, 0.3) is 0 Å². The molecule has 0 saturated heterocycles. The fraction of sp³-hybridized carbons (Fsp3) is 0. The monoisotopic (exact) mass is 441 g/mol. The van der Waals surface area contributed by atoms with Crippen LogP contribution in [0.1, 0.15) is 0 Å². The maximum atomic E-state index is 12.0. The Morgan fingerprint density at radius 1 is 1.20 bits per heavy atom. The average molecular weight is 439 g/mol. The third kappa shape index (κ3) is 1.54. The molecule has 2 heterocycles. The zero-order valence-corrected chi connectivity index (χ0v) is 11.7. The zero-order chi connectivity index (χ0) is 9.54. The molecule has 0 bridgehead atoms. The summed E-state index contributed by atoms with van der Waals surface area (Å²) in [6.07, 6.45) is 1.73. The largest absolute Gasteiger partial charge is 0 e. The topological polar surface area (TPSA) is 30.0 Å². The summed E-state index contributed by atoms with van der Waals surface area (Å²) in [6.45, 7) is 0. The number of rotatable bonds is 0. The van der Waals surface area contributed by atoms with Crippen LogP contribution in [0.2, 0.25) is 0 Å². The van der Waals surface area contributed by atoms with Crippen LogP contribution in [0.3, 0.4) is 0 Å². The predicted molar refractivity (Wildman–Crippen MR) is 54.2 cm³/mol. The number of pyridine rings is 1. The van der Waals surface area contributed by atoms with Gasteiger partial charge in [-0.2, -0.15) is 0 Å². The molecular formula is C11H6IrNOSe-. The van der Waals surface area contributed by atoms with E-state index in [9.17, 15) is 3.83 Å². The van der Waals surface area contributed by atoms with Crippen molar-refractivity contribution in [3.63, 3.8) is 0 Å². The minimum Gasteiger partial charge on any atom is 0 e. The molecule has 1 aromatic carbocycles. The molecule has 4 heteroatoms. The Morgan fingerprint density at radius 3 is 2.87 bits per heavy atom. The first-order chi connectivity index (χ1) is 6.88. The Labute approximate surface area is 105 Å². The summed E-state index contributed by atoms with van der Waals surface area (Å²) in [6, 6.07) is 12.5. The van der Waals surface area contributed by atoms with Gasteiger partial charge in [-0.3, -0.25) is 0 Å². The van der Waals surface area contributed by atoms with E-state index in [1.165, 1.54) is 0 Å². The molecule has 1 aliphatic rings. The molecular weight excluding hydrogens is 433 g/mol. The van der Waals surface area contributed by atoms with Gasteiger partial charge in [-0.05, 0) is 0 Å². The van der Waals surface area contributed by atoms with Crippen molar-refractivity contribution in [3.05, 3.63) is 42.6 Å². The molecule has 2 nitrogen and oxygen atoms in total. The second-order valence-electron chi connectivity index (χ2n) is 3.03. The van der Waals surface area contributed by atoms with Gasteiger partial charge < -0.3 is 0 Å². The second-order valence-corrected chi connectivity index (χ2v) is 6.00. The fourth-order valence-electron chi connectivity index (χ4n) is 1.61. The fourth-order valence-corrected chi connectivity index (χ4v) is 4.36. The van der Waals surface area contributed by atoms with Crippen LogP contribution < -0.4 is 8.92 Å². The van der Waals surface area contributed by atoms with Gasteiger partial charge in [0.1, 0.15) is 0 Å². The van der Waals surface area contributed by atoms with E-state index < -0.39 is 13.8 Å². The summed E-state index contributed by atoms with van der Waals surface area (Å²) in [5.41, 5.74) is 1.77. The van der Waals surface area contributed by atoms with E-state index in [2.05, 4.69) is 11.1 Å². The standard InChI is InChI=1S/C11H6NOSe.Ir/c13-14-9-5-2-1-4-8(9)11-10(14)6-3-7-12-11;/h1-3,5-7H;/q-1;. The van der Waals surface area contributed by atoms with Crippen LogP contribution in [-0.2, 0) is 23.9 Å². The Morgan fingerprint density at radius 2 is 2.00 bits per heavy atom. The molecule has 0 amide bonds. The van der Waals surface area contributed by atoms with Crippen molar-refractivity contribution in [1.29, 1.82) is 0 Å². The first-order valence-electron chi connectivity index (χ1n) is 4.26. The summed E-state index contributed by atoms with van der Waals surface area (Å²) in [7, 11) is 0. The van der Waals surface area contributed by atoms with Crippen molar-refractivity contribution in [2.24, 2.45) is 0 Å². The Hall–Kier alpha value is -0.661. The molecule has 15 heavy (non-hydrogen) atoms. The van der Waals surface area contributed by atoms with E-state index >= 15 is 0 Å². The number of aromatic nitrogens is 1. The Bertz CT molecular complexity index is 494. The van der Waals surface area contributed by atoms with E-state index in [-0.39, 0.29) is 20.1 Å². The minimum atomic E-state index is -2.05. The van der Waals surface area contributed by atoms with Crippen molar-refractivity contribution in [1.82, 2.24) is 4.98 Å². The maximum Gasteiger partial charge on any atom is 0 e. The molecule has 0 aliphatic carbocycles. The average Bonchev–Trinajstić information content (AvgIpc) is 2.55. The van der Waals surface area contributed by atoms with Crippen LogP contribution in [0, 0.1) is 6.07 Å². The van der Waals surface area contributed by atoms with Gasteiger partial charge in [0.05, 0.1) is 0 Å². The minimum absolute atomic E-state index is 0. The predicted octanol–water partition coefficient (Wildman–Crippen LogP) is 0.396. The molecule has 0 saturated carbocycles. The van der Waals surface area contributed by atoms with Gasteiger partial charge in [0.15, 0.2) is 0 Å². The first-order valence-corrected chi connectivity index (χ1v) is 6.67. The summed E-state index contributed by atoms with van der Waals surface area (Å²) in [5, 5.41) is 0. The van der Waals surface area contributed by atoms with E-state index in [0.29, 0.717) is 0 Å². The summed E-state index contributed by atoms with van der Waals surface area (Å²) >= 11 is -2.05. The SMILES string of the molecule is O=[Se]1c2ccc[c-]c2-c2ncccc21.[Ir]. The quantitative estimate of drug-likeness (QED) is 0.375. The summed E-state index contributed by atoms with van der Waals surface area (Å²) in [5.74, 6) is 0. The molecule has 0 fully saturated rings. The molecule has 77 valence electrons. The van der Waals surface area contributed by atoms with Gasteiger partial charge in [-0.15, -0.1) is 0 Å². The van der Waals surface area contributed by atoms with Crippen molar-refractivity contribution >= 4 is 22.8 Å². The van der Waals surface area contributed by atoms with Crippen molar-refractivity contribution in [3.8, 4) is 11.3 Å². The molecule has 1 unspecified atom stereocenters. The van der Waals surface area contributed by atoms with Crippen LogP contribution in [0.15, 0.2) is 36.5 Å². The van der Waals surface area contributed by atoms with Crippen molar-refractivity contribution < 1.29 is 23.9 Å². The van der Waals surface area contributed by atoms with Gasteiger partial charge in [0, 0.05) is 20.1 Å². The normalized spacial score (nSPS) is 16.4. The maximum absolute atomic E-state index is 12.0.